The molecule has 6 nitrogen and oxygen atoms in total. The third-order valence-corrected chi connectivity index (χ3v) is 4.24. The molecule has 140 valence electrons. The van der Waals surface area contributed by atoms with E-state index in [2.05, 4.69) is 15.5 Å². The minimum Gasteiger partial charge on any atom is -0.481 e. The summed E-state index contributed by atoms with van der Waals surface area (Å²) in [6.45, 7) is -0.355. The number of para-hydroxylation sites is 2. The number of nitrogens with one attached hydrogen (secondary N) is 1. The zero-order valence-corrected chi connectivity index (χ0v) is 15.2. The Labute approximate surface area is 164 Å². The van der Waals surface area contributed by atoms with Gasteiger partial charge in [0.05, 0.1) is 16.4 Å². The van der Waals surface area contributed by atoms with E-state index in [1.54, 1.807) is 24.3 Å². The first kappa shape index (κ1) is 17.9. The molecule has 1 N–H and O–H groups in total. The molecule has 1 amide bonds. The highest BCUT2D eigenvalue weighted by molar-refractivity contribution is 6.34. The van der Waals surface area contributed by atoms with E-state index >= 15 is 0 Å². The summed E-state index contributed by atoms with van der Waals surface area (Å²) in [4.78, 5) is 13.6. The highest BCUT2D eigenvalue weighted by atomic mass is 35.5. The summed E-state index contributed by atoms with van der Waals surface area (Å²) in [5.74, 6) is -1.00. The second-order valence-corrected chi connectivity index (χ2v) is 6.32. The Morgan fingerprint density at radius 1 is 1.04 bits per heavy atom. The number of hydrogen-bond donors (Lipinski definition) is 1. The van der Waals surface area contributed by atoms with Crippen LogP contribution in [0.2, 0.25) is 5.02 Å². The second-order valence-electron chi connectivity index (χ2n) is 5.91. The van der Waals surface area contributed by atoms with Crippen molar-refractivity contribution in [2.45, 2.75) is 0 Å². The van der Waals surface area contributed by atoms with E-state index in [1.165, 1.54) is 16.9 Å². The Bertz CT molecular complexity index is 1150. The van der Waals surface area contributed by atoms with Gasteiger partial charge in [-0.25, -0.2) is 4.39 Å². The molecule has 0 aliphatic rings. The number of aromatic nitrogens is 3. The van der Waals surface area contributed by atoms with Gasteiger partial charge in [-0.2, -0.15) is 4.80 Å². The molecule has 0 saturated carbocycles. The average molecular weight is 397 g/mol. The van der Waals surface area contributed by atoms with Crippen LogP contribution in [0.4, 0.5) is 10.1 Å². The summed E-state index contributed by atoms with van der Waals surface area (Å²) in [7, 11) is 0. The standard InChI is InChI=1S/C20H14ClFN4O2/c21-14-10-17-18(25-26(24-17)13-6-2-1-3-7-13)11-16(14)23-20(27)12-28-19-9-5-4-8-15(19)22/h1-11H,12H2,(H,23,27). The lowest BCUT2D eigenvalue weighted by atomic mass is 10.2. The van der Waals surface area contributed by atoms with Crippen molar-refractivity contribution in [1.29, 1.82) is 0 Å². The van der Waals surface area contributed by atoms with Gasteiger partial charge in [0.25, 0.3) is 5.91 Å². The fourth-order valence-corrected chi connectivity index (χ4v) is 2.81. The van der Waals surface area contributed by atoms with E-state index in [0.29, 0.717) is 21.7 Å². The van der Waals surface area contributed by atoms with Gasteiger partial charge in [0, 0.05) is 0 Å². The average Bonchev–Trinajstić information content (AvgIpc) is 3.11. The number of nitrogens with zero attached hydrogens (tertiary/aromatic N) is 3. The highest BCUT2D eigenvalue weighted by Gasteiger charge is 2.13. The van der Waals surface area contributed by atoms with Crippen LogP contribution in [0.5, 0.6) is 5.75 Å². The number of amides is 1. The zero-order valence-electron chi connectivity index (χ0n) is 14.5. The maximum atomic E-state index is 13.6. The number of hydrogen-bond acceptors (Lipinski definition) is 4. The lowest BCUT2D eigenvalue weighted by Gasteiger charge is -2.09. The lowest BCUT2D eigenvalue weighted by Crippen LogP contribution is -2.20. The van der Waals surface area contributed by atoms with Crippen LogP contribution in [0.25, 0.3) is 16.7 Å². The molecule has 0 atom stereocenters. The number of ether oxygens (including phenoxy) is 1. The van der Waals surface area contributed by atoms with Crippen LogP contribution < -0.4 is 10.1 Å². The SMILES string of the molecule is O=C(COc1ccccc1F)Nc1cc2nn(-c3ccccc3)nc2cc1Cl. The molecule has 0 spiro atoms. The summed E-state index contributed by atoms with van der Waals surface area (Å²) in [5, 5.41) is 11.8. The van der Waals surface area contributed by atoms with E-state index in [-0.39, 0.29) is 12.4 Å². The molecule has 0 saturated heterocycles. The first-order chi connectivity index (χ1) is 13.6. The highest BCUT2D eigenvalue weighted by Crippen LogP contribution is 2.27. The first-order valence-electron chi connectivity index (χ1n) is 8.39. The molecule has 4 aromatic rings. The predicted octanol–water partition coefficient (Wildman–Crippen LogP) is 4.23. The third-order valence-electron chi connectivity index (χ3n) is 3.93. The summed E-state index contributed by atoms with van der Waals surface area (Å²) >= 11 is 6.25. The molecule has 0 aliphatic carbocycles. The number of fused-ring (bicyclic) bond motifs is 1. The Hall–Kier alpha value is -3.45. The van der Waals surface area contributed by atoms with Gasteiger partial charge >= 0.3 is 0 Å². The smallest absolute Gasteiger partial charge is 0.262 e. The van der Waals surface area contributed by atoms with Crippen molar-refractivity contribution in [3.05, 3.63) is 77.6 Å². The molecule has 0 fully saturated rings. The quantitative estimate of drug-likeness (QED) is 0.548. The van der Waals surface area contributed by atoms with Crippen LogP contribution in [0.3, 0.4) is 0 Å². The molecule has 4 rings (SSSR count). The fourth-order valence-electron chi connectivity index (χ4n) is 2.60. The molecular weight excluding hydrogens is 383 g/mol. The van der Waals surface area contributed by atoms with E-state index in [9.17, 15) is 9.18 Å². The Morgan fingerprint density at radius 2 is 1.71 bits per heavy atom. The van der Waals surface area contributed by atoms with Gasteiger partial charge in [-0.05, 0) is 36.4 Å². The normalized spacial score (nSPS) is 10.8. The van der Waals surface area contributed by atoms with Gasteiger partial charge in [0.1, 0.15) is 11.0 Å². The summed E-state index contributed by atoms with van der Waals surface area (Å²) in [5.41, 5.74) is 2.34. The van der Waals surface area contributed by atoms with Crippen molar-refractivity contribution < 1.29 is 13.9 Å². The number of anilines is 1. The summed E-state index contributed by atoms with van der Waals surface area (Å²) in [6, 6.07) is 18.6. The minimum absolute atomic E-state index is 0.00463. The summed E-state index contributed by atoms with van der Waals surface area (Å²) in [6.07, 6.45) is 0. The molecule has 0 radical (unpaired) electrons. The molecule has 28 heavy (non-hydrogen) atoms. The maximum Gasteiger partial charge on any atom is 0.262 e. The van der Waals surface area contributed by atoms with Gasteiger partial charge < -0.3 is 10.1 Å². The van der Waals surface area contributed by atoms with Crippen LogP contribution in [-0.2, 0) is 4.79 Å². The molecular formula is C20H14ClFN4O2. The van der Waals surface area contributed by atoms with E-state index in [0.717, 1.165) is 5.69 Å². The molecule has 3 aromatic carbocycles. The lowest BCUT2D eigenvalue weighted by molar-refractivity contribution is -0.118. The number of benzene rings is 3. The van der Waals surface area contributed by atoms with Crippen LogP contribution >= 0.6 is 11.6 Å². The molecule has 0 unspecified atom stereocenters. The topological polar surface area (TPSA) is 69.0 Å². The molecule has 8 heteroatoms. The van der Waals surface area contributed by atoms with Crippen molar-refractivity contribution in [2.24, 2.45) is 0 Å². The van der Waals surface area contributed by atoms with Crippen molar-refractivity contribution in [2.75, 3.05) is 11.9 Å². The molecule has 0 bridgehead atoms. The van der Waals surface area contributed by atoms with E-state index in [4.69, 9.17) is 16.3 Å². The Morgan fingerprint density at radius 3 is 2.46 bits per heavy atom. The van der Waals surface area contributed by atoms with Gasteiger partial charge in [-0.15, -0.1) is 10.2 Å². The maximum absolute atomic E-state index is 13.6. The molecule has 1 aromatic heterocycles. The van der Waals surface area contributed by atoms with Crippen molar-refractivity contribution in [1.82, 2.24) is 15.0 Å². The van der Waals surface area contributed by atoms with Crippen LogP contribution in [0.1, 0.15) is 0 Å². The Kier molecular flexibility index (Phi) is 4.90. The molecule has 1 heterocycles. The zero-order chi connectivity index (χ0) is 19.5. The van der Waals surface area contributed by atoms with Crippen molar-refractivity contribution in [3.8, 4) is 11.4 Å². The van der Waals surface area contributed by atoms with Crippen LogP contribution in [-0.4, -0.2) is 27.5 Å². The van der Waals surface area contributed by atoms with Gasteiger partial charge in [0.15, 0.2) is 18.2 Å². The van der Waals surface area contributed by atoms with Crippen molar-refractivity contribution >= 4 is 34.2 Å². The minimum atomic E-state index is -0.535. The van der Waals surface area contributed by atoms with Crippen LogP contribution in [0.15, 0.2) is 66.7 Å². The fraction of sp³-hybridized carbons (Fsp3) is 0.0500. The first-order valence-corrected chi connectivity index (χ1v) is 8.77. The van der Waals surface area contributed by atoms with E-state index < -0.39 is 11.7 Å². The predicted molar refractivity (Wildman–Crippen MR) is 104 cm³/mol. The van der Waals surface area contributed by atoms with E-state index in [1.807, 2.05) is 30.3 Å². The van der Waals surface area contributed by atoms with Gasteiger partial charge in [-0.1, -0.05) is 41.9 Å². The Balaban J connectivity index is 1.51. The van der Waals surface area contributed by atoms with Crippen molar-refractivity contribution in [3.63, 3.8) is 0 Å². The number of carbonyl (C=O) groups excluding carboxylic acids is 1. The molecule has 0 aliphatic heterocycles. The number of halogens is 2. The summed E-state index contributed by atoms with van der Waals surface area (Å²) < 4.78 is 18.8. The number of rotatable bonds is 5. The second kappa shape index (κ2) is 7.66. The van der Waals surface area contributed by atoms with Gasteiger partial charge in [0.2, 0.25) is 0 Å². The number of carbonyl (C=O) groups is 1. The third kappa shape index (κ3) is 3.79. The van der Waals surface area contributed by atoms with Crippen LogP contribution in [0, 0.1) is 5.82 Å². The monoisotopic (exact) mass is 396 g/mol. The largest absolute Gasteiger partial charge is 0.481 e. The van der Waals surface area contributed by atoms with Gasteiger partial charge in [-0.3, -0.25) is 4.79 Å².